The molecule has 0 aliphatic carbocycles. The minimum absolute atomic E-state index is 0.0370. The van der Waals surface area contributed by atoms with Crippen LogP contribution in [-0.4, -0.2) is 44.8 Å². The second kappa shape index (κ2) is 10.0. The van der Waals surface area contributed by atoms with Crippen LogP contribution < -0.4 is 10.1 Å². The SMILES string of the molecule is COc1ccc(-n2nnnc2SCC(=O)c2ccc(NC(=O)CC(C)C)cc2)cc1. The molecule has 2 aromatic carbocycles. The highest BCUT2D eigenvalue weighted by Crippen LogP contribution is 2.21. The van der Waals surface area contributed by atoms with E-state index in [-0.39, 0.29) is 23.4 Å². The maximum atomic E-state index is 12.5. The number of ketones is 1. The summed E-state index contributed by atoms with van der Waals surface area (Å²) in [5.74, 6) is 1.13. The summed E-state index contributed by atoms with van der Waals surface area (Å²) in [4.78, 5) is 24.4. The number of thioether (sulfide) groups is 1. The predicted octanol–water partition coefficient (Wildman–Crippen LogP) is 3.63. The number of rotatable bonds is 9. The first-order chi connectivity index (χ1) is 14.5. The molecule has 0 unspecified atom stereocenters. The quantitative estimate of drug-likeness (QED) is 0.413. The minimum atomic E-state index is -0.0515. The number of aromatic nitrogens is 4. The Bertz CT molecular complexity index is 1000. The number of tetrazole rings is 1. The summed E-state index contributed by atoms with van der Waals surface area (Å²) < 4.78 is 6.73. The molecule has 9 heteroatoms. The van der Waals surface area contributed by atoms with E-state index in [9.17, 15) is 9.59 Å². The topological polar surface area (TPSA) is 99.0 Å². The lowest BCUT2D eigenvalue weighted by Crippen LogP contribution is -2.14. The van der Waals surface area contributed by atoms with Gasteiger partial charge in [-0.25, -0.2) is 0 Å². The highest BCUT2D eigenvalue weighted by atomic mass is 32.2. The van der Waals surface area contributed by atoms with E-state index in [1.165, 1.54) is 11.8 Å². The number of benzene rings is 2. The van der Waals surface area contributed by atoms with Gasteiger partial charge in [-0.3, -0.25) is 9.59 Å². The lowest BCUT2D eigenvalue weighted by molar-refractivity contribution is -0.116. The number of nitrogens with zero attached hydrogens (tertiary/aromatic N) is 4. The Labute approximate surface area is 179 Å². The van der Waals surface area contributed by atoms with Crippen LogP contribution in [-0.2, 0) is 4.79 Å². The van der Waals surface area contributed by atoms with Gasteiger partial charge in [-0.2, -0.15) is 4.68 Å². The third-order valence-electron chi connectivity index (χ3n) is 4.17. The Hall–Kier alpha value is -3.20. The molecular weight excluding hydrogens is 402 g/mol. The number of nitrogens with one attached hydrogen (secondary N) is 1. The Balaban J connectivity index is 1.60. The normalized spacial score (nSPS) is 10.8. The van der Waals surface area contributed by atoms with E-state index in [4.69, 9.17) is 4.74 Å². The molecule has 1 aromatic heterocycles. The number of ether oxygens (including phenoxy) is 1. The molecule has 0 spiro atoms. The van der Waals surface area contributed by atoms with Crippen molar-refractivity contribution < 1.29 is 14.3 Å². The van der Waals surface area contributed by atoms with Crippen molar-refractivity contribution in [2.45, 2.75) is 25.4 Å². The van der Waals surface area contributed by atoms with Crippen molar-refractivity contribution in [1.82, 2.24) is 20.2 Å². The third kappa shape index (κ3) is 5.66. The number of carbonyl (C=O) groups excluding carboxylic acids is 2. The van der Waals surface area contributed by atoms with Gasteiger partial charge in [0.05, 0.1) is 18.6 Å². The van der Waals surface area contributed by atoms with Gasteiger partial charge in [0.1, 0.15) is 5.75 Å². The van der Waals surface area contributed by atoms with Gasteiger partial charge >= 0.3 is 0 Å². The first-order valence-electron chi connectivity index (χ1n) is 9.45. The van der Waals surface area contributed by atoms with Gasteiger partial charge in [0.25, 0.3) is 0 Å². The van der Waals surface area contributed by atoms with Crippen LogP contribution in [0.15, 0.2) is 53.7 Å². The van der Waals surface area contributed by atoms with Gasteiger partial charge in [0.15, 0.2) is 5.78 Å². The van der Waals surface area contributed by atoms with Crippen LogP contribution in [0.3, 0.4) is 0 Å². The largest absolute Gasteiger partial charge is 0.497 e. The number of hydrogen-bond donors (Lipinski definition) is 1. The molecular formula is C21H23N5O3S. The Morgan fingerprint density at radius 1 is 1.10 bits per heavy atom. The molecule has 0 saturated heterocycles. The summed E-state index contributed by atoms with van der Waals surface area (Å²) in [6.07, 6.45) is 0.459. The summed E-state index contributed by atoms with van der Waals surface area (Å²) in [7, 11) is 1.60. The molecule has 0 aliphatic heterocycles. The van der Waals surface area contributed by atoms with E-state index in [2.05, 4.69) is 20.8 Å². The fraction of sp³-hybridized carbons (Fsp3) is 0.286. The first-order valence-corrected chi connectivity index (χ1v) is 10.4. The van der Waals surface area contributed by atoms with E-state index in [1.807, 2.05) is 38.1 Å². The van der Waals surface area contributed by atoms with Gasteiger partial charge < -0.3 is 10.1 Å². The van der Waals surface area contributed by atoms with Gasteiger partial charge in [0.2, 0.25) is 11.1 Å². The van der Waals surface area contributed by atoms with Gasteiger partial charge in [0, 0.05) is 17.7 Å². The van der Waals surface area contributed by atoms with Crippen molar-refractivity contribution in [3.05, 3.63) is 54.1 Å². The molecule has 8 nitrogen and oxygen atoms in total. The number of anilines is 1. The van der Waals surface area contributed by atoms with Crippen molar-refractivity contribution in [2.75, 3.05) is 18.2 Å². The zero-order chi connectivity index (χ0) is 21.5. The van der Waals surface area contributed by atoms with E-state index in [0.29, 0.717) is 22.8 Å². The van der Waals surface area contributed by atoms with Crippen LogP contribution >= 0.6 is 11.8 Å². The molecule has 156 valence electrons. The van der Waals surface area contributed by atoms with Crippen LogP contribution in [0.25, 0.3) is 5.69 Å². The molecule has 1 heterocycles. The Morgan fingerprint density at radius 3 is 2.43 bits per heavy atom. The lowest BCUT2D eigenvalue weighted by atomic mass is 10.1. The summed E-state index contributed by atoms with van der Waals surface area (Å²) in [5.41, 5.74) is 2.01. The molecule has 1 amide bonds. The average Bonchev–Trinajstić information content (AvgIpc) is 3.20. The zero-order valence-corrected chi connectivity index (χ0v) is 17.8. The molecule has 0 radical (unpaired) electrons. The van der Waals surface area contributed by atoms with Crippen molar-refractivity contribution in [3.63, 3.8) is 0 Å². The van der Waals surface area contributed by atoms with E-state index in [1.54, 1.807) is 36.1 Å². The molecule has 0 atom stereocenters. The van der Waals surface area contributed by atoms with E-state index < -0.39 is 0 Å². The van der Waals surface area contributed by atoms with Crippen LogP contribution in [0, 0.1) is 5.92 Å². The van der Waals surface area contributed by atoms with Crippen LogP contribution in [0.1, 0.15) is 30.6 Å². The predicted molar refractivity (Wildman–Crippen MR) is 115 cm³/mol. The monoisotopic (exact) mass is 425 g/mol. The van der Waals surface area contributed by atoms with Crippen molar-refractivity contribution in [1.29, 1.82) is 0 Å². The molecule has 30 heavy (non-hydrogen) atoms. The van der Waals surface area contributed by atoms with Gasteiger partial charge in [-0.1, -0.05) is 25.6 Å². The number of Topliss-reactive ketones (excluding diaryl/α,β-unsaturated/α-hetero) is 1. The fourth-order valence-electron chi connectivity index (χ4n) is 2.69. The smallest absolute Gasteiger partial charge is 0.224 e. The number of methoxy groups -OCH3 is 1. The summed E-state index contributed by atoms with van der Waals surface area (Å²) in [6, 6.07) is 14.2. The zero-order valence-electron chi connectivity index (χ0n) is 17.0. The second-order valence-electron chi connectivity index (χ2n) is 7.01. The Morgan fingerprint density at radius 2 is 1.80 bits per heavy atom. The minimum Gasteiger partial charge on any atom is -0.497 e. The lowest BCUT2D eigenvalue weighted by Gasteiger charge is -2.08. The van der Waals surface area contributed by atoms with E-state index in [0.717, 1.165) is 11.4 Å². The van der Waals surface area contributed by atoms with Crippen LogP contribution in [0.4, 0.5) is 5.69 Å². The first kappa shape index (κ1) is 21.5. The highest BCUT2D eigenvalue weighted by Gasteiger charge is 2.13. The molecule has 0 aliphatic rings. The molecule has 0 saturated carbocycles. The maximum absolute atomic E-state index is 12.5. The van der Waals surface area contributed by atoms with Gasteiger partial charge in [-0.15, -0.1) is 5.10 Å². The standard InChI is InChI=1S/C21H23N5O3S/c1-14(2)12-20(28)22-16-6-4-15(5-7-16)19(27)13-30-21-23-24-25-26(21)17-8-10-18(29-3)11-9-17/h4-11,14H,12-13H2,1-3H3,(H,22,28). The van der Waals surface area contributed by atoms with Crippen LogP contribution in [0.5, 0.6) is 5.75 Å². The summed E-state index contributed by atoms with van der Waals surface area (Å²) in [6.45, 7) is 3.98. The molecule has 3 aromatic rings. The van der Waals surface area contributed by atoms with Crippen LogP contribution in [0.2, 0.25) is 0 Å². The van der Waals surface area contributed by atoms with Crippen molar-refractivity contribution >= 4 is 29.1 Å². The van der Waals surface area contributed by atoms with E-state index >= 15 is 0 Å². The van der Waals surface area contributed by atoms with Crippen molar-refractivity contribution in [3.8, 4) is 11.4 Å². The Kier molecular flexibility index (Phi) is 7.18. The summed E-state index contributed by atoms with van der Waals surface area (Å²) in [5, 5.41) is 15.1. The van der Waals surface area contributed by atoms with Crippen molar-refractivity contribution in [2.24, 2.45) is 5.92 Å². The number of amides is 1. The third-order valence-corrected chi connectivity index (χ3v) is 5.09. The molecule has 0 bridgehead atoms. The fourth-order valence-corrected chi connectivity index (χ4v) is 3.48. The van der Waals surface area contributed by atoms with Gasteiger partial charge in [-0.05, 0) is 64.9 Å². The number of carbonyl (C=O) groups is 2. The summed E-state index contributed by atoms with van der Waals surface area (Å²) >= 11 is 1.26. The molecule has 3 rings (SSSR count). The highest BCUT2D eigenvalue weighted by molar-refractivity contribution is 7.99. The maximum Gasteiger partial charge on any atom is 0.224 e. The molecule has 1 N–H and O–H groups in total. The molecule has 0 fully saturated rings. The number of hydrogen-bond acceptors (Lipinski definition) is 7. The average molecular weight is 426 g/mol. The second-order valence-corrected chi connectivity index (χ2v) is 7.95.